The highest BCUT2D eigenvalue weighted by atomic mass is 16.5. The average molecular weight is 355 g/mol. The number of rotatable bonds is 8. The van der Waals surface area contributed by atoms with Gasteiger partial charge in [-0.2, -0.15) is 4.98 Å². The van der Waals surface area contributed by atoms with Crippen molar-refractivity contribution in [1.29, 1.82) is 0 Å². The summed E-state index contributed by atoms with van der Waals surface area (Å²) >= 11 is 0. The fourth-order valence-electron chi connectivity index (χ4n) is 2.42. The molecule has 0 aliphatic heterocycles. The van der Waals surface area contributed by atoms with Gasteiger partial charge in [0.05, 0.1) is 14.2 Å². The van der Waals surface area contributed by atoms with E-state index < -0.39 is 0 Å². The minimum Gasteiger partial charge on any atom is -0.493 e. The third-order valence-electron chi connectivity index (χ3n) is 3.68. The van der Waals surface area contributed by atoms with E-state index in [1.165, 1.54) is 0 Å². The van der Waals surface area contributed by atoms with Crippen molar-refractivity contribution in [3.8, 4) is 11.5 Å². The van der Waals surface area contributed by atoms with Crippen LogP contribution in [0.1, 0.15) is 11.3 Å². The van der Waals surface area contributed by atoms with Gasteiger partial charge in [0, 0.05) is 18.8 Å². The maximum atomic E-state index is 5.32. The van der Waals surface area contributed by atoms with Gasteiger partial charge in [0.25, 0.3) is 0 Å². The first-order valence-corrected chi connectivity index (χ1v) is 8.16. The van der Waals surface area contributed by atoms with E-state index >= 15 is 0 Å². The molecule has 0 spiro atoms. The highest BCUT2D eigenvalue weighted by molar-refractivity contribution is 5.52. The third kappa shape index (κ3) is 4.41. The van der Waals surface area contributed by atoms with Crippen molar-refractivity contribution in [2.45, 2.75) is 13.3 Å². The molecular weight excluding hydrogens is 334 g/mol. The number of nitrogens with zero attached hydrogens (tertiary/aromatic N) is 3. The van der Waals surface area contributed by atoms with Crippen LogP contribution in [0.4, 0.5) is 17.6 Å². The zero-order valence-electron chi connectivity index (χ0n) is 14.9. The summed E-state index contributed by atoms with van der Waals surface area (Å²) in [5, 5.41) is 10.2. The molecule has 136 valence electrons. The van der Waals surface area contributed by atoms with Crippen molar-refractivity contribution in [1.82, 2.24) is 15.1 Å². The van der Waals surface area contributed by atoms with Crippen LogP contribution in [0, 0.1) is 6.92 Å². The van der Waals surface area contributed by atoms with Gasteiger partial charge in [-0.05, 0) is 37.1 Å². The van der Waals surface area contributed by atoms with E-state index in [9.17, 15) is 0 Å². The van der Waals surface area contributed by atoms with E-state index in [0.29, 0.717) is 24.1 Å². The number of aryl methyl sites for hydroxylation is 1. The highest BCUT2D eigenvalue weighted by Crippen LogP contribution is 2.27. The normalized spacial score (nSPS) is 10.4. The van der Waals surface area contributed by atoms with Gasteiger partial charge >= 0.3 is 0 Å². The lowest BCUT2D eigenvalue weighted by molar-refractivity contribution is 0.354. The fraction of sp³-hybridized carbons (Fsp3) is 0.278. The van der Waals surface area contributed by atoms with E-state index in [-0.39, 0.29) is 0 Å². The third-order valence-corrected chi connectivity index (χ3v) is 3.68. The van der Waals surface area contributed by atoms with Crippen molar-refractivity contribution in [3.63, 3.8) is 0 Å². The molecule has 0 bridgehead atoms. The van der Waals surface area contributed by atoms with Gasteiger partial charge in [-0.1, -0.05) is 11.2 Å². The van der Waals surface area contributed by atoms with Gasteiger partial charge in [-0.25, -0.2) is 4.98 Å². The lowest BCUT2D eigenvalue weighted by Crippen LogP contribution is -2.09. The molecular formula is C18H21N5O3. The molecule has 0 atom stereocenters. The zero-order chi connectivity index (χ0) is 18.4. The number of benzene rings is 1. The lowest BCUT2D eigenvalue weighted by Gasteiger charge is -2.10. The molecule has 0 saturated carbocycles. The number of hydrogen-bond acceptors (Lipinski definition) is 8. The summed E-state index contributed by atoms with van der Waals surface area (Å²) in [5.74, 6) is 3.95. The lowest BCUT2D eigenvalue weighted by atomic mass is 10.1. The largest absolute Gasteiger partial charge is 0.493 e. The van der Waals surface area contributed by atoms with E-state index in [4.69, 9.17) is 14.0 Å². The molecule has 0 aliphatic rings. The topological polar surface area (TPSA) is 94.3 Å². The second kappa shape index (κ2) is 8.19. The summed E-state index contributed by atoms with van der Waals surface area (Å²) in [6, 6.07) is 9.44. The molecule has 0 unspecified atom stereocenters. The smallest absolute Gasteiger partial charge is 0.224 e. The van der Waals surface area contributed by atoms with E-state index in [0.717, 1.165) is 29.2 Å². The first-order chi connectivity index (χ1) is 12.7. The number of nitrogens with one attached hydrogen (secondary N) is 2. The number of methoxy groups -OCH3 is 2. The Hall–Kier alpha value is -3.29. The first kappa shape index (κ1) is 17.5. The van der Waals surface area contributed by atoms with Gasteiger partial charge in [-0.3, -0.25) is 0 Å². The summed E-state index contributed by atoms with van der Waals surface area (Å²) < 4.78 is 15.6. The average Bonchev–Trinajstić information content (AvgIpc) is 3.06. The predicted molar refractivity (Wildman–Crippen MR) is 98.3 cm³/mol. The molecule has 26 heavy (non-hydrogen) atoms. The summed E-state index contributed by atoms with van der Waals surface area (Å²) in [7, 11) is 3.25. The number of hydrogen-bond donors (Lipinski definition) is 2. The standard InChI is InChI=1S/C18H21N5O3/c1-12-10-17(23-26-12)21-16-7-9-20-18(22-16)19-8-6-13-4-5-14(24-2)15(11-13)25-3/h4-5,7,9-11H,6,8H2,1-3H3,(H2,19,20,21,22,23). The maximum absolute atomic E-state index is 5.32. The zero-order valence-corrected chi connectivity index (χ0v) is 14.9. The van der Waals surface area contributed by atoms with Gasteiger partial charge in [0.2, 0.25) is 5.95 Å². The molecule has 8 heteroatoms. The molecule has 2 N–H and O–H groups in total. The van der Waals surface area contributed by atoms with Crippen LogP contribution in [0.5, 0.6) is 11.5 Å². The Kier molecular flexibility index (Phi) is 5.52. The molecule has 2 heterocycles. The fourth-order valence-corrected chi connectivity index (χ4v) is 2.42. The Labute approximate surface area is 151 Å². The molecule has 2 aromatic heterocycles. The maximum Gasteiger partial charge on any atom is 0.224 e. The number of anilines is 3. The minimum atomic E-state index is 0.538. The summed E-state index contributed by atoms with van der Waals surface area (Å²) in [6.45, 7) is 2.52. The molecule has 0 radical (unpaired) electrons. The molecule has 0 saturated heterocycles. The van der Waals surface area contributed by atoms with Crippen LogP contribution in [0.25, 0.3) is 0 Å². The van der Waals surface area contributed by atoms with Crippen LogP contribution in [0.3, 0.4) is 0 Å². The Bertz CT molecular complexity index is 866. The van der Waals surface area contributed by atoms with Crippen molar-refractivity contribution in [3.05, 3.63) is 47.9 Å². The number of aromatic nitrogens is 3. The Morgan fingerprint density at radius 3 is 2.62 bits per heavy atom. The van der Waals surface area contributed by atoms with Crippen LogP contribution in [0.2, 0.25) is 0 Å². The summed E-state index contributed by atoms with van der Waals surface area (Å²) in [6.07, 6.45) is 2.48. The summed E-state index contributed by atoms with van der Waals surface area (Å²) in [5.41, 5.74) is 1.13. The van der Waals surface area contributed by atoms with Crippen LogP contribution < -0.4 is 20.1 Å². The Morgan fingerprint density at radius 2 is 1.88 bits per heavy atom. The van der Waals surface area contributed by atoms with Crippen molar-refractivity contribution in [2.24, 2.45) is 0 Å². The second-order valence-electron chi connectivity index (χ2n) is 5.58. The van der Waals surface area contributed by atoms with Gasteiger partial charge < -0.3 is 24.6 Å². The van der Waals surface area contributed by atoms with Crippen LogP contribution >= 0.6 is 0 Å². The predicted octanol–water partition coefficient (Wildman–Crippen LogP) is 3.19. The Morgan fingerprint density at radius 1 is 1.04 bits per heavy atom. The van der Waals surface area contributed by atoms with Crippen LogP contribution in [-0.4, -0.2) is 35.9 Å². The SMILES string of the molecule is COc1ccc(CCNc2nccc(Nc3cc(C)on3)n2)cc1OC. The molecule has 3 aromatic rings. The number of ether oxygens (including phenoxy) is 2. The van der Waals surface area contributed by atoms with Crippen molar-refractivity contribution < 1.29 is 14.0 Å². The quantitative estimate of drug-likeness (QED) is 0.636. The van der Waals surface area contributed by atoms with E-state index in [1.54, 1.807) is 32.5 Å². The van der Waals surface area contributed by atoms with Crippen LogP contribution in [0.15, 0.2) is 41.1 Å². The minimum absolute atomic E-state index is 0.538. The van der Waals surface area contributed by atoms with Gasteiger partial charge in [0.15, 0.2) is 17.3 Å². The highest BCUT2D eigenvalue weighted by Gasteiger charge is 2.06. The molecule has 0 aliphatic carbocycles. The van der Waals surface area contributed by atoms with E-state index in [2.05, 4.69) is 25.8 Å². The second-order valence-corrected chi connectivity index (χ2v) is 5.58. The van der Waals surface area contributed by atoms with Gasteiger partial charge in [0.1, 0.15) is 11.6 Å². The molecule has 0 fully saturated rings. The monoisotopic (exact) mass is 355 g/mol. The van der Waals surface area contributed by atoms with Crippen LogP contribution in [-0.2, 0) is 6.42 Å². The molecule has 0 amide bonds. The summed E-state index contributed by atoms with van der Waals surface area (Å²) in [4.78, 5) is 8.64. The van der Waals surface area contributed by atoms with E-state index in [1.807, 2.05) is 25.1 Å². The first-order valence-electron chi connectivity index (χ1n) is 8.16. The van der Waals surface area contributed by atoms with Gasteiger partial charge in [-0.15, -0.1) is 0 Å². The molecule has 1 aromatic carbocycles. The molecule has 3 rings (SSSR count). The van der Waals surface area contributed by atoms with Crippen molar-refractivity contribution >= 4 is 17.6 Å². The van der Waals surface area contributed by atoms with Crippen molar-refractivity contribution in [2.75, 3.05) is 31.4 Å². The Balaban J connectivity index is 1.57. The molecule has 8 nitrogen and oxygen atoms in total.